The first kappa shape index (κ1) is 15.4. The van der Waals surface area contributed by atoms with E-state index in [2.05, 4.69) is 21.2 Å². The molecule has 0 radical (unpaired) electrons. The lowest BCUT2D eigenvalue weighted by molar-refractivity contribution is 0.101. The monoisotopic (exact) mass is 359 g/mol. The van der Waals surface area contributed by atoms with Crippen LogP contribution in [0.15, 0.2) is 34.8 Å². The Morgan fingerprint density at radius 2 is 1.71 bits per heavy atom. The second kappa shape index (κ2) is 6.17. The van der Waals surface area contributed by atoms with Gasteiger partial charge in [-0.25, -0.2) is 13.2 Å². The highest BCUT2D eigenvalue weighted by molar-refractivity contribution is 9.10. The molecule has 0 fully saturated rings. The normalized spacial score (nSPS) is 10.3. The first-order chi connectivity index (χ1) is 9.92. The number of nitrogens with one attached hydrogen (secondary N) is 1. The molecule has 0 heterocycles. The topological polar surface area (TPSA) is 38.3 Å². The molecular formula is C14H9BrF3NO2. The molecule has 1 N–H and O–H groups in total. The molecule has 0 aliphatic carbocycles. The van der Waals surface area contributed by atoms with Gasteiger partial charge in [-0.15, -0.1) is 0 Å². The Morgan fingerprint density at radius 3 is 2.29 bits per heavy atom. The molecule has 110 valence electrons. The van der Waals surface area contributed by atoms with Crippen LogP contribution >= 0.6 is 15.9 Å². The second-order valence-corrected chi connectivity index (χ2v) is 4.96. The largest absolute Gasteiger partial charge is 0.494 e. The van der Waals surface area contributed by atoms with E-state index >= 15 is 0 Å². The maximum absolute atomic E-state index is 13.7. The van der Waals surface area contributed by atoms with Crippen molar-refractivity contribution in [2.75, 3.05) is 12.4 Å². The zero-order valence-electron chi connectivity index (χ0n) is 10.7. The summed E-state index contributed by atoms with van der Waals surface area (Å²) in [6, 6.07) is 5.49. The van der Waals surface area contributed by atoms with Gasteiger partial charge in [0, 0.05) is 16.2 Å². The number of hydrogen-bond acceptors (Lipinski definition) is 2. The van der Waals surface area contributed by atoms with Gasteiger partial charge in [-0.3, -0.25) is 4.79 Å². The minimum Gasteiger partial charge on any atom is -0.494 e. The van der Waals surface area contributed by atoms with Crippen molar-refractivity contribution >= 4 is 27.5 Å². The average Bonchev–Trinajstić information content (AvgIpc) is 2.39. The number of benzene rings is 2. The highest BCUT2D eigenvalue weighted by Crippen LogP contribution is 2.24. The number of carbonyl (C=O) groups excluding carboxylic acids is 1. The van der Waals surface area contributed by atoms with Gasteiger partial charge in [-0.1, -0.05) is 15.9 Å². The maximum Gasteiger partial charge on any atom is 0.261 e. The van der Waals surface area contributed by atoms with E-state index in [4.69, 9.17) is 4.74 Å². The van der Waals surface area contributed by atoms with Gasteiger partial charge in [-0.05, 0) is 24.3 Å². The van der Waals surface area contributed by atoms with Crippen molar-refractivity contribution < 1.29 is 22.7 Å². The SMILES string of the molecule is COc1cc(NC(=O)c2c(F)cc(Br)cc2F)ccc1F. The molecule has 0 bridgehead atoms. The van der Waals surface area contributed by atoms with Gasteiger partial charge in [0.1, 0.15) is 17.2 Å². The molecule has 2 rings (SSSR count). The van der Waals surface area contributed by atoms with Crippen LogP contribution in [0, 0.1) is 17.5 Å². The van der Waals surface area contributed by atoms with Crippen LogP contribution in [0.25, 0.3) is 0 Å². The standard InChI is InChI=1S/C14H9BrF3NO2/c1-21-12-6-8(2-3-9(12)16)19-14(20)13-10(17)4-7(15)5-11(13)18/h2-6H,1H3,(H,19,20). The van der Waals surface area contributed by atoms with E-state index < -0.39 is 28.9 Å². The van der Waals surface area contributed by atoms with E-state index in [1.165, 1.54) is 19.2 Å². The number of amides is 1. The smallest absolute Gasteiger partial charge is 0.261 e. The van der Waals surface area contributed by atoms with Crippen LogP contribution in [0.3, 0.4) is 0 Å². The van der Waals surface area contributed by atoms with Gasteiger partial charge in [0.25, 0.3) is 5.91 Å². The quantitative estimate of drug-likeness (QED) is 0.894. The molecule has 0 atom stereocenters. The minimum absolute atomic E-state index is 0.0930. The summed E-state index contributed by atoms with van der Waals surface area (Å²) >= 11 is 2.92. The lowest BCUT2D eigenvalue weighted by Gasteiger charge is -2.09. The van der Waals surface area contributed by atoms with Crippen molar-refractivity contribution in [1.29, 1.82) is 0 Å². The summed E-state index contributed by atoms with van der Waals surface area (Å²) < 4.78 is 45.5. The minimum atomic E-state index is -1.01. The van der Waals surface area contributed by atoms with Gasteiger partial charge in [-0.2, -0.15) is 0 Å². The molecule has 0 saturated heterocycles. The first-order valence-electron chi connectivity index (χ1n) is 5.72. The molecule has 0 saturated carbocycles. The van der Waals surface area contributed by atoms with E-state index in [1.807, 2.05) is 0 Å². The van der Waals surface area contributed by atoms with Crippen LogP contribution in [0.1, 0.15) is 10.4 Å². The number of halogens is 4. The van der Waals surface area contributed by atoms with Crippen LogP contribution in [0.4, 0.5) is 18.9 Å². The molecule has 7 heteroatoms. The lowest BCUT2D eigenvalue weighted by Crippen LogP contribution is -2.16. The van der Waals surface area contributed by atoms with Crippen LogP contribution in [-0.2, 0) is 0 Å². The molecule has 21 heavy (non-hydrogen) atoms. The summed E-state index contributed by atoms with van der Waals surface area (Å²) in [5.74, 6) is -3.70. The van der Waals surface area contributed by atoms with Crippen LogP contribution in [0.2, 0.25) is 0 Å². The second-order valence-electron chi connectivity index (χ2n) is 4.05. The van der Waals surface area contributed by atoms with Gasteiger partial charge in [0.2, 0.25) is 0 Å². The Morgan fingerprint density at radius 1 is 1.10 bits per heavy atom. The Bertz CT molecular complexity index is 684. The van der Waals surface area contributed by atoms with Crippen molar-refractivity contribution in [3.63, 3.8) is 0 Å². The van der Waals surface area contributed by atoms with Crippen molar-refractivity contribution in [3.05, 3.63) is 57.8 Å². The van der Waals surface area contributed by atoms with Crippen LogP contribution < -0.4 is 10.1 Å². The van der Waals surface area contributed by atoms with Gasteiger partial charge in [0.05, 0.1) is 7.11 Å². The van der Waals surface area contributed by atoms with Crippen molar-refractivity contribution in [3.8, 4) is 5.75 Å². The van der Waals surface area contributed by atoms with Crippen LogP contribution in [0.5, 0.6) is 5.75 Å². The van der Waals surface area contributed by atoms with Gasteiger partial charge >= 0.3 is 0 Å². The Labute approximate surface area is 126 Å². The summed E-state index contributed by atoms with van der Waals surface area (Å²) in [5, 5.41) is 2.28. The summed E-state index contributed by atoms with van der Waals surface area (Å²) in [7, 11) is 1.26. The summed E-state index contributed by atoms with van der Waals surface area (Å²) in [5.41, 5.74) is -0.568. The molecule has 2 aromatic carbocycles. The predicted molar refractivity (Wildman–Crippen MR) is 75.0 cm³/mol. The molecule has 2 aromatic rings. The highest BCUT2D eigenvalue weighted by Gasteiger charge is 2.19. The average molecular weight is 360 g/mol. The summed E-state index contributed by atoms with van der Waals surface area (Å²) in [6.45, 7) is 0. The number of ether oxygens (including phenoxy) is 1. The fraction of sp³-hybridized carbons (Fsp3) is 0.0714. The fourth-order valence-electron chi connectivity index (χ4n) is 1.69. The molecule has 1 amide bonds. The third-order valence-corrected chi connectivity index (χ3v) is 3.10. The number of methoxy groups -OCH3 is 1. The molecule has 3 nitrogen and oxygen atoms in total. The molecule has 0 aromatic heterocycles. The van der Waals surface area contributed by atoms with Crippen LogP contribution in [-0.4, -0.2) is 13.0 Å². The summed E-state index contributed by atoms with van der Waals surface area (Å²) in [4.78, 5) is 11.9. The lowest BCUT2D eigenvalue weighted by atomic mass is 10.1. The summed E-state index contributed by atoms with van der Waals surface area (Å²) in [6.07, 6.45) is 0. The molecular weight excluding hydrogens is 351 g/mol. The van der Waals surface area contributed by atoms with Gasteiger partial charge < -0.3 is 10.1 Å². The number of rotatable bonds is 3. The third kappa shape index (κ3) is 3.36. The number of anilines is 1. The molecule has 0 unspecified atom stereocenters. The van der Waals surface area contributed by atoms with Crippen molar-refractivity contribution in [2.45, 2.75) is 0 Å². The van der Waals surface area contributed by atoms with E-state index in [0.717, 1.165) is 18.2 Å². The Balaban J connectivity index is 2.30. The fourth-order valence-corrected chi connectivity index (χ4v) is 2.09. The molecule has 0 aliphatic heterocycles. The van der Waals surface area contributed by atoms with Crippen molar-refractivity contribution in [2.24, 2.45) is 0 Å². The maximum atomic E-state index is 13.7. The highest BCUT2D eigenvalue weighted by atomic mass is 79.9. The van der Waals surface area contributed by atoms with E-state index in [0.29, 0.717) is 0 Å². The number of hydrogen-bond donors (Lipinski definition) is 1. The van der Waals surface area contributed by atoms with E-state index in [1.54, 1.807) is 0 Å². The number of carbonyl (C=O) groups is 1. The van der Waals surface area contributed by atoms with Gasteiger partial charge in [0.15, 0.2) is 11.6 Å². The van der Waals surface area contributed by atoms with Crippen molar-refractivity contribution in [1.82, 2.24) is 0 Å². The Kier molecular flexibility index (Phi) is 4.52. The predicted octanol–water partition coefficient (Wildman–Crippen LogP) is 4.13. The Hall–Kier alpha value is -2.02. The van der Waals surface area contributed by atoms with E-state index in [9.17, 15) is 18.0 Å². The zero-order chi connectivity index (χ0) is 15.6. The molecule has 0 spiro atoms. The van der Waals surface area contributed by atoms with E-state index in [-0.39, 0.29) is 15.9 Å². The molecule has 0 aliphatic rings. The third-order valence-electron chi connectivity index (χ3n) is 2.64. The zero-order valence-corrected chi connectivity index (χ0v) is 12.3. The first-order valence-corrected chi connectivity index (χ1v) is 6.51.